The van der Waals surface area contributed by atoms with Crippen molar-refractivity contribution >= 4 is 17.6 Å². The number of aryl methyl sites for hydroxylation is 1. The summed E-state index contributed by atoms with van der Waals surface area (Å²) in [6.45, 7) is 3.03. The van der Waals surface area contributed by atoms with Crippen molar-refractivity contribution in [1.29, 1.82) is 0 Å². The number of hydrogen-bond acceptors (Lipinski definition) is 4. The molecule has 5 N–H and O–H groups in total. The van der Waals surface area contributed by atoms with Gasteiger partial charge in [0, 0.05) is 17.8 Å². The van der Waals surface area contributed by atoms with Crippen molar-refractivity contribution in [2.24, 2.45) is 0 Å². The summed E-state index contributed by atoms with van der Waals surface area (Å²) in [6.07, 6.45) is -0.441. The molecular weight excluding hydrogens is 248 g/mol. The molecule has 0 aliphatic carbocycles. The summed E-state index contributed by atoms with van der Waals surface area (Å²) in [4.78, 5) is 22.3. The molecule has 6 nitrogen and oxygen atoms in total. The molecule has 0 heterocycles. The highest BCUT2D eigenvalue weighted by Gasteiger charge is 2.25. The second kappa shape index (κ2) is 5.71. The third-order valence-corrected chi connectivity index (χ3v) is 2.70. The third-order valence-electron chi connectivity index (χ3n) is 2.70. The Morgan fingerprint density at radius 1 is 1.42 bits per heavy atom. The molecule has 1 atom stereocenters. The summed E-state index contributed by atoms with van der Waals surface area (Å²) >= 11 is 0. The number of carboxylic acids is 1. The molecule has 1 amide bonds. The van der Waals surface area contributed by atoms with Gasteiger partial charge in [-0.25, -0.2) is 0 Å². The molecule has 1 rings (SSSR count). The Balaban J connectivity index is 2.65. The summed E-state index contributed by atoms with van der Waals surface area (Å²) in [5.74, 6) is -1.53. The van der Waals surface area contributed by atoms with Crippen LogP contribution in [0.5, 0.6) is 0 Å². The van der Waals surface area contributed by atoms with E-state index in [2.05, 4.69) is 5.32 Å². The van der Waals surface area contributed by atoms with Gasteiger partial charge in [0.1, 0.15) is 0 Å². The molecule has 1 aromatic rings. The van der Waals surface area contributed by atoms with Gasteiger partial charge in [0.2, 0.25) is 0 Å². The van der Waals surface area contributed by atoms with Gasteiger partial charge in [-0.15, -0.1) is 0 Å². The number of nitrogens with one attached hydrogen (secondary N) is 1. The van der Waals surface area contributed by atoms with Crippen molar-refractivity contribution in [1.82, 2.24) is 5.32 Å². The normalized spacial score (nSPS) is 13.6. The molecule has 1 unspecified atom stereocenters. The van der Waals surface area contributed by atoms with Crippen LogP contribution in [0.15, 0.2) is 18.2 Å². The first kappa shape index (κ1) is 15.0. The topological polar surface area (TPSA) is 113 Å². The Hall–Kier alpha value is -2.08. The third kappa shape index (κ3) is 4.59. The number of aliphatic carboxylic acids is 1. The van der Waals surface area contributed by atoms with E-state index in [1.807, 2.05) is 6.92 Å². The van der Waals surface area contributed by atoms with E-state index in [-0.39, 0.29) is 6.54 Å². The van der Waals surface area contributed by atoms with Gasteiger partial charge in [-0.1, -0.05) is 6.07 Å². The van der Waals surface area contributed by atoms with Crippen LogP contribution in [-0.4, -0.2) is 34.2 Å². The first-order valence-corrected chi connectivity index (χ1v) is 5.80. The summed E-state index contributed by atoms with van der Waals surface area (Å²) < 4.78 is 0. The van der Waals surface area contributed by atoms with Crippen molar-refractivity contribution in [2.75, 3.05) is 12.3 Å². The van der Waals surface area contributed by atoms with Crippen LogP contribution in [-0.2, 0) is 4.79 Å². The zero-order valence-electron chi connectivity index (χ0n) is 10.9. The van der Waals surface area contributed by atoms with E-state index >= 15 is 0 Å². The first-order chi connectivity index (χ1) is 8.71. The zero-order chi connectivity index (χ0) is 14.6. The van der Waals surface area contributed by atoms with Crippen LogP contribution >= 0.6 is 0 Å². The fraction of sp³-hybridized carbons (Fsp3) is 0.385. The molecule has 0 spiro atoms. The molecule has 0 fully saturated rings. The molecule has 0 bridgehead atoms. The smallest absolute Gasteiger partial charge is 0.306 e. The number of carbonyl (C=O) groups excluding carboxylic acids is 1. The second-order valence-corrected chi connectivity index (χ2v) is 4.82. The minimum atomic E-state index is -1.49. The molecular formula is C13H18N2O4. The quantitative estimate of drug-likeness (QED) is 0.581. The van der Waals surface area contributed by atoms with Crippen molar-refractivity contribution in [3.8, 4) is 0 Å². The summed E-state index contributed by atoms with van der Waals surface area (Å²) in [7, 11) is 0. The van der Waals surface area contributed by atoms with Gasteiger partial charge in [0.25, 0.3) is 5.91 Å². The SMILES string of the molecule is Cc1ccc(C(=O)NCC(C)(O)CC(=O)O)cc1N. The fourth-order valence-corrected chi connectivity index (χ4v) is 1.54. The minimum Gasteiger partial charge on any atom is -0.481 e. The van der Waals surface area contributed by atoms with Gasteiger partial charge in [-0.2, -0.15) is 0 Å². The predicted octanol–water partition coefficient (Wildman–Crippen LogP) is 0.533. The molecule has 0 saturated heterocycles. The number of benzene rings is 1. The molecule has 0 aliphatic rings. The van der Waals surface area contributed by atoms with Crippen molar-refractivity contribution in [2.45, 2.75) is 25.9 Å². The lowest BCUT2D eigenvalue weighted by atomic mass is 10.0. The Kier molecular flexibility index (Phi) is 4.50. The zero-order valence-corrected chi connectivity index (χ0v) is 10.9. The van der Waals surface area contributed by atoms with Gasteiger partial charge in [-0.05, 0) is 31.5 Å². The van der Waals surface area contributed by atoms with Crippen LogP contribution in [0.1, 0.15) is 29.3 Å². The number of carboxylic acid groups (broad SMARTS) is 1. The van der Waals surface area contributed by atoms with Gasteiger partial charge in [0.05, 0.1) is 12.0 Å². The minimum absolute atomic E-state index is 0.147. The Labute approximate surface area is 111 Å². The molecule has 0 aliphatic heterocycles. The monoisotopic (exact) mass is 266 g/mol. The standard InChI is InChI=1S/C13H18N2O4/c1-8-3-4-9(5-10(8)14)12(18)15-7-13(2,19)6-11(16)17/h3-5,19H,6-7,14H2,1-2H3,(H,15,18)(H,16,17). The van der Waals surface area contributed by atoms with E-state index in [4.69, 9.17) is 10.8 Å². The average Bonchev–Trinajstić information content (AvgIpc) is 2.28. The summed E-state index contributed by atoms with van der Waals surface area (Å²) in [5, 5.41) is 20.9. The number of hydrogen-bond donors (Lipinski definition) is 4. The highest BCUT2D eigenvalue weighted by Crippen LogP contribution is 2.13. The van der Waals surface area contributed by atoms with Crippen molar-refractivity contribution in [3.63, 3.8) is 0 Å². The highest BCUT2D eigenvalue weighted by atomic mass is 16.4. The number of nitrogens with two attached hydrogens (primary N) is 1. The molecule has 6 heteroatoms. The maximum absolute atomic E-state index is 11.8. The second-order valence-electron chi connectivity index (χ2n) is 4.82. The van der Waals surface area contributed by atoms with Crippen LogP contribution < -0.4 is 11.1 Å². The van der Waals surface area contributed by atoms with Crippen molar-refractivity contribution in [3.05, 3.63) is 29.3 Å². The largest absolute Gasteiger partial charge is 0.481 e. The van der Waals surface area contributed by atoms with E-state index in [1.165, 1.54) is 13.0 Å². The molecule has 0 aromatic heterocycles. The number of amides is 1. The molecule has 0 saturated carbocycles. The Morgan fingerprint density at radius 3 is 2.58 bits per heavy atom. The molecule has 1 aromatic carbocycles. The van der Waals surface area contributed by atoms with E-state index in [0.29, 0.717) is 11.3 Å². The van der Waals surface area contributed by atoms with Crippen LogP contribution in [0.25, 0.3) is 0 Å². The van der Waals surface area contributed by atoms with Crippen LogP contribution in [0.3, 0.4) is 0 Å². The summed E-state index contributed by atoms with van der Waals surface area (Å²) in [5.41, 5.74) is 5.95. The first-order valence-electron chi connectivity index (χ1n) is 5.80. The van der Waals surface area contributed by atoms with Crippen LogP contribution in [0, 0.1) is 6.92 Å². The lowest BCUT2D eigenvalue weighted by molar-refractivity contribution is -0.141. The number of anilines is 1. The highest BCUT2D eigenvalue weighted by molar-refractivity contribution is 5.95. The van der Waals surface area contributed by atoms with Crippen LogP contribution in [0.2, 0.25) is 0 Å². The molecule has 104 valence electrons. The van der Waals surface area contributed by atoms with Gasteiger partial charge in [-0.3, -0.25) is 9.59 Å². The van der Waals surface area contributed by atoms with Gasteiger partial charge < -0.3 is 21.3 Å². The summed E-state index contributed by atoms with van der Waals surface area (Å²) in [6, 6.07) is 4.88. The fourth-order valence-electron chi connectivity index (χ4n) is 1.54. The van der Waals surface area contributed by atoms with E-state index < -0.39 is 23.9 Å². The number of aliphatic hydroxyl groups is 1. The van der Waals surface area contributed by atoms with E-state index in [9.17, 15) is 14.7 Å². The van der Waals surface area contributed by atoms with E-state index in [1.54, 1.807) is 12.1 Å². The maximum Gasteiger partial charge on any atom is 0.306 e. The Morgan fingerprint density at radius 2 is 2.05 bits per heavy atom. The predicted molar refractivity (Wildman–Crippen MR) is 70.8 cm³/mol. The van der Waals surface area contributed by atoms with Crippen molar-refractivity contribution < 1.29 is 19.8 Å². The van der Waals surface area contributed by atoms with E-state index in [0.717, 1.165) is 5.56 Å². The Bertz CT molecular complexity index is 497. The number of carbonyl (C=O) groups is 2. The molecule has 0 radical (unpaired) electrons. The lowest BCUT2D eigenvalue weighted by Crippen LogP contribution is -2.42. The van der Waals surface area contributed by atoms with Crippen LogP contribution in [0.4, 0.5) is 5.69 Å². The lowest BCUT2D eigenvalue weighted by Gasteiger charge is -2.21. The average molecular weight is 266 g/mol. The maximum atomic E-state index is 11.8. The number of nitrogen functional groups attached to an aromatic ring is 1. The molecule has 19 heavy (non-hydrogen) atoms. The number of rotatable bonds is 5. The van der Waals surface area contributed by atoms with Gasteiger partial charge in [0.15, 0.2) is 0 Å². The van der Waals surface area contributed by atoms with Gasteiger partial charge >= 0.3 is 5.97 Å².